The number of hydrogen-bond acceptors (Lipinski definition) is 1. The molecule has 0 aliphatic rings. The molecular weight excluding hydrogens is 307 g/mol. The van der Waals surface area contributed by atoms with Crippen LogP contribution in [0.3, 0.4) is 0 Å². The van der Waals surface area contributed by atoms with E-state index < -0.39 is 0 Å². The Bertz CT molecular complexity index is 742. The van der Waals surface area contributed by atoms with E-state index in [1.165, 1.54) is 9.75 Å². The third-order valence-corrected chi connectivity index (χ3v) is 4.65. The Labute approximate surface area is 132 Å². The van der Waals surface area contributed by atoms with Crippen LogP contribution in [0.2, 0.25) is 10.0 Å². The molecule has 0 nitrogen and oxygen atoms in total. The van der Waals surface area contributed by atoms with Crippen LogP contribution in [0.15, 0.2) is 48.5 Å². The van der Waals surface area contributed by atoms with Crippen LogP contribution in [0.5, 0.6) is 0 Å². The first kappa shape index (κ1) is 13.7. The number of halogens is 2. The zero-order valence-corrected chi connectivity index (χ0v) is 13.1. The molecule has 2 aromatic carbocycles. The van der Waals surface area contributed by atoms with Crippen molar-refractivity contribution in [2.45, 2.75) is 6.92 Å². The zero-order chi connectivity index (χ0) is 14.1. The fourth-order valence-electron chi connectivity index (χ4n) is 2.14. The average molecular weight is 318 g/mol. The summed E-state index contributed by atoms with van der Waals surface area (Å²) in [6.07, 6.45) is 0. The molecule has 0 bridgehead atoms. The molecule has 0 fully saturated rings. The second-order valence-electron chi connectivity index (χ2n) is 4.49. The van der Waals surface area contributed by atoms with Gasteiger partial charge in [-0.25, -0.2) is 0 Å². The van der Waals surface area contributed by atoms with Crippen molar-refractivity contribution < 1.29 is 0 Å². The summed E-state index contributed by atoms with van der Waals surface area (Å²) in [5.41, 5.74) is 3.10. The van der Waals surface area contributed by atoms with Gasteiger partial charge in [0.2, 0.25) is 0 Å². The van der Waals surface area contributed by atoms with Gasteiger partial charge in [0, 0.05) is 30.9 Å². The fourth-order valence-corrected chi connectivity index (χ4v) is 3.41. The molecule has 99 valence electrons. The fraction of sp³-hybridized carbons (Fsp3) is 0.0588. The van der Waals surface area contributed by atoms with E-state index >= 15 is 0 Å². The van der Waals surface area contributed by atoms with Gasteiger partial charge in [-0.3, -0.25) is 0 Å². The Morgan fingerprint density at radius 1 is 0.950 bits per heavy atom. The molecule has 0 saturated heterocycles. The lowest BCUT2D eigenvalue weighted by Crippen LogP contribution is -1.85. The van der Waals surface area contributed by atoms with Gasteiger partial charge < -0.3 is 0 Å². The minimum Gasteiger partial charge on any atom is -0.141 e. The molecule has 0 aliphatic heterocycles. The van der Waals surface area contributed by atoms with E-state index in [4.69, 9.17) is 23.2 Å². The van der Waals surface area contributed by atoms with Crippen LogP contribution in [0.25, 0.3) is 21.6 Å². The van der Waals surface area contributed by atoms with Crippen LogP contribution in [-0.4, -0.2) is 0 Å². The third-order valence-electron chi connectivity index (χ3n) is 3.07. The van der Waals surface area contributed by atoms with Crippen molar-refractivity contribution in [1.29, 1.82) is 0 Å². The molecule has 0 spiro atoms. The summed E-state index contributed by atoms with van der Waals surface area (Å²) < 4.78 is 0. The number of aryl methyl sites for hydroxylation is 1. The van der Waals surface area contributed by atoms with E-state index in [0.717, 1.165) is 26.7 Å². The van der Waals surface area contributed by atoms with Crippen molar-refractivity contribution >= 4 is 34.5 Å². The van der Waals surface area contributed by atoms with Crippen LogP contribution in [0.4, 0.5) is 0 Å². The molecular formula is C17H11Cl2S. The summed E-state index contributed by atoms with van der Waals surface area (Å²) in [4.78, 5) is 2.45. The first-order valence-corrected chi connectivity index (χ1v) is 7.75. The standard InChI is InChI=1S/C17H11Cl2S/c1-11-5-10-16(20-11)14-3-2-4-15(19)17(14)12-6-8-13(18)9-7-12/h2,4-10H,1H3. The highest BCUT2D eigenvalue weighted by atomic mass is 35.5. The monoisotopic (exact) mass is 317 g/mol. The molecule has 3 rings (SSSR count). The minimum absolute atomic E-state index is 0.721. The highest BCUT2D eigenvalue weighted by Gasteiger charge is 2.12. The average Bonchev–Trinajstić information content (AvgIpc) is 2.86. The normalized spacial score (nSPS) is 10.8. The first-order chi connectivity index (χ1) is 9.65. The van der Waals surface area contributed by atoms with E-state index in [0.29, 0.717) is 0 Å². The second kappa shape index (κ2) is 5.61. The molecule has 0 N–H and O–H groups in total. The number of rotatable bonds is 2. The van der Waals surface area contributed by atoms with Gasteiger partial charge in [-0.15, -0.1) is 11.3 Å². The van der Waals surface area contributed by atoms with E-state index in [1.54, 1.807) is 11.3 Å². The van der Waals surface area contributed by atoms with Crippen LogP contribution < -0.4 is 0 Å². The van der Waals surface area contributed by atoms with E-state index in [9.17, 15) is 0 Å². The lowest BCUT2D eigenvalue weighted by atomic mass is 9.98. The van der Waals surface area contributed by atoms with E-state index in [1.807, 2.05) is 36.4 Å². The smallest absolute Gasteiger partial charge is 0.0491 e. The SMILES string of the molecule is Cc1ccc(-c2[c]ccc(Cl)c2-c2ccc(Cl)cc2)s1. The first-order valence-electron chi connectivity index (χ1n) is 6.18. The Balaban J connectivity index is 2.21. The summed E-state index contributed by atoms with van der Waals surface area (Å²) in [6.45, 7) is 2.10. The Hall–Kier alpha value is -1.28. The predicted molar refractivity (Wildman–Crippen MR) is 88.8 cm³/mol. The summed E-state index contributed by atoms with van der Waals surface area (Å²) in [5.74, 6) is 0. The van der Waals surface area contributed by atoms with Crippen LogP contribution in [-0.2, 0) is 0 Å². The largest absolute Gasteiger partial charge is 0.141 e. The molecule has 3 aromatic rings. The maximum absolute atomic E-state index is 6.41. The van der Waals surface area contributed by atoms with Crippen LogP contribution in [0.1, 0.15) is 4.88 Å². The maximum Gasteiger partial charge on any atom is 0.0491 e. The number of hydrogen-bond donors (Lipinski definition) is 0. The zero-order valence-electron chi connectivity index (χ0n) is 10.8. The van der Waals surface area contributed by atoms with Gasteiger partial charge in [0.15, 0.2) is 0 Å². The highest BCUT2D eigenvalue weighted by Crippen LogP contribution is 2.39. The van der Waals surface area contributed by atoms with Crippen LogP contribution >= 0.6 is 34.5 Å². The molecule has 0 amide bonds. The Morgan fingerprint density at radius 3 is 2.35 bits per heavy atom. The van der Waals surface area contributed by atoms with Crippen LogP contribution in [0, 0.1) is 13.0 Å². The second-order valence-corrected chi connectivity index (χ2v) is 6.62. The summed E-state index contributed by atoms with van der Waals surface area (Å²) in [6, 6.07) is 19.0. The van der Waals surface area contributed by atoms with Gasteiger partial charge in [-0.05, 0) is 48.9 Å². The summed E-state index contributed by atoms with van der Waals surface area (Å²) in [7, 11) is 0. The van der Waals surface area contributed by atoms with Gasteiger partial charge in [0.1, 0.15) is 0 Å². The Morgan fingerprint density at radius 2 is 1.70 bits per heavy atom. The van der Waals surface area contributed by atoms with Crippen molar-refractivity contribution in [3.05, 3.63) is 69.5 Å². The molecule has 20 heavy (non-hydrogen) atoms. The van der Waals surface area contributed by atoms with E-state index in [2.05, 4.69) is 25.1 Å². The molecule has 3 heteroatoms. The quantitative estimate of drug-likeness (QED) is 0.506. The molecule has 0 atom stereocenters. The van der Waals surface area contributed by atoms with Gasteiger partial charge in [-0.1, -0.05) is 41.4 Å². The molecule has 1 heterocycles. The van der Waals surface area contributed by atoms with E-state index in [-0.39, 0.29) is 0 Å². The van der Waals surface area contributed by atoms with Crippen molar-refractivity contribution in [1.82, 2.24) is 0 Å². The summed E-state index contributed by atoms with van der Waals surface area (Å²) >= 11 is 14.1. The highest BCUT2D eigenvalue weighted by molar-refractivity contribution is 7.15. The maximum atomic E-state index is 6.41. The van der Waals surface area contributed by atoms with Crippen molar-refractivity contribution in [2.24, 2.45) is 0 Å². The lowest BCUT2D eigenvalue weighted by molar-refractivity contribution is 1.60. The van der Waals surface area contributed by atoms with Gasteiger partial charge in [-0.2, -0.15) is 0 Å². The Kier molecular flexibility index (Phi) is 3.84. The van der Waals surface area contributed by atoms with Crippen molar-refractivity contribution in [2.75, 3.05) is 0 Å². The van der Waals surface area contributed by atoms with Crippen molar-refractivity contribution in [3.63, 3.8) is 0 Å². The van der Waals surface area contributed by atoms with Crippen molar-refractivity contribution in [3.8, 4) is 21.6 Å². The molecule has 0 unspecified atom stereocenters. The van der Waals surface area contributed by atoms with Gasteiger partial charge in [0.05, 0.1) is 0 Å². The molecule has 0 aliphatic carbocycles. The minimum atomic E-state index is 0.721. The third kappa shape index (κ3) is 2.62. The summed E-state index contributed by atoms with van der Waals surface area (Å²) in [5, 5.41) is 1.45. The molecule has 1 aromatic heterocycles. The topological polar surface area (TPSA) is 0 Å². The predicted octanol–water partition coefficient (Wildman–Crippen LogP) is 6.50. The molecule has 1 radical (unpaired) electrons. The molecule has 0 saturated carbocycles. The van der Waals surface area contributed by atoms with Gasteiger partial charge in [0.25, 0.3) is 0 Å². The number of thiophene rings is 1. The number of benzene rings is 2. The lowest BCUT2D eigenvalue weighted by Gasteiger charge is -2.10. The van der Waals surface area contributed by atoms with Gasteiger partial charge >= 0.3 is 0 Å².